The van der Waals surface area contributed by atoms with Crippen molar-refractivity contribution in [3.63, 3.8) is 0 Å². The average Bonchev–Trinajstić information content (AvgIpc) is 2.95. The zero-order valence-electron chi connectivity index (χ0n) is 22.6. The maximum atomic E-state index is 13.1. The molecule has 40 heavy (non-hydrogen) atoms. The largest absolute Gasteiger partial charge is 0.480 e. The molecule has 0 saturated carbocycles. The Morgan fingerprint density at radius 2 is 1.68 bits per heavy atom. The van der Waals surface area contributed by atoms with E-state index in [2.05, 4.69) is 25.3 Å². The zero-order valence-corrected chi connectivity index (χ0v) is 23.4. The number of nitrogens with two attached hydrogens (primary N) is 1. The van der Waals surface area contributed by atoms with Crippen molar-refractivity contribution >= 4 is 34.1 Å². The lowest BCUT2D eigenvalue weighted by Gasteiger charge is -2.17. The highest BCUT2D eigenvalue weighted by Crippen LogP contribution is 2.39. The van der Waals surface area contributed by atoms with Gasteiger partial charge >= 0.3 is 5.69 Å². The number of hydrogen-bond acceptors (Lipinski definition) is 9. The molecular formula is C28H27ClN8O3. The van der Waals surface area contributed by atoms with E-state index in [0.29, 0.717) is 45.2 Å². The normalized spacial score (nSPS) is 11.2. The Balaban J connectivity index is 1.62. The van der Waals surface area contributed by atoms with Crippen LogP contribution in [0, 0.1) is 13.8 Å². The number of methoxy groups -OCH3 is 1. The Hall–Kier alpha value is -4.61. The van der Waals surface area contributed by atoms with Crippen LogP contribution in [0.4, 0.5) is 11.5 Å². The molecule has 3 N–H and O–H groups in total. The van der Waals surface area contributed by atoms with Crippen LogP contribution in [0.15, 0.2) is 52.2 Å². The van der Waals surface area contributed by atoms with Crippen molar-refractivity contribution in [1.29, 1.82) is 0 Å². The van der Waals surface area contributed by atoms with E-state index in [1.807, 2.05) is 43.3 Å². The van der Waals surface area contributed by atoms with Gasteiger partial charge in [0.15, 0.2) is 5.65 Å². The fourth-order valence-corrected chi connectivity index (χ4v) is 4.94. The Morgan fingerprint density at radius 1 is 0.975 bits per heavy atom. The number of anilines is 2. The van der Waals surface area contributed by atoms with Gasteiger partial charge in [0.2, 0.25) is 5.88 Å². The summed E-state index contributed by atoms with van der Waals surface area (Å²) in [7, 11) is 4.52. The number of hydrogen-bond donors (Lipinski definition) is 2. The number of aryl methyl sites for hydroxylation is 2. The number of halogens is 1. The van der Waals surface area contributed by atoms with Gasteiger partial charge in [-0.1, -0.05) is 41.9 Å². The van der Waals surface area contributed by atoms with E-state index in [0.717, 1.165) is 21.3 Å². The first kappa shape index (κ1) is 27.0. The topological polar surface area (TPSA) is 143 Å². The van der Waals surface area contributed by atoms with Crippen LogP contribution in [-0.4, -0.2) is 36.2 Å². The molecule has 0 saturated heterocycles. The molecule has 0 spiro atoms. The Kier molecular flexibility index (Phi) is 7.09. The van der Waals surface area contributed by atoms with Crippen molar-refractivity contribution in [2.45, 2.75) is 20.4 Å². The maximum absolute atomic E-state index is 13.1. The quantitative estimate of drug-likeness (QED) is 0.319. The molecule has 2 aromatic carbocycles. The highest BCUT2D eigenvalue weighted by molar-refractivity contribution is 6.36. The molecule has 11 nitrogen and oxygen atoms in total. The van der Waals surface area contributed by atoms with E-state index < -0.39 is 11.2 Å². The second-order valence-electron chi connectivity index (χ2n) is 9.21. The summed E-state index contributed by atoms with van der Waals surface area (Å²) in [5, 5.41) is 4.01. The van der Waals surface area contributed by atoms with E-state index in [4.69, 9.17) is 22.1 Å². The zero-order chi connectivity index (χ0) is 28.7. The standard InChI is InChI=1S/C28H27ClN8O3/c1-14-16(17-9-6-10-18(23(17)29)21-13-31-20(12-30)26(35-21)40-5)8-7-11-19(14)34-24-22-25(33-15(2)32-24)36(3)28(39)37(4)27(22)38/h6-11,13H,12,30H2,1-5H3,(H,32,33,34). The lowest BCUT2D eigenvalue weighted by Crippen LogP contribution is -2.37. The van der Waals surface area contributed by atoms with Gasteiger partial charge in [0.05, 0.1) is 24.0 Å². The molecule has 0 unspecified atom stereocenters. The van der Waals surface area contributed by atoms with Gasteiger partial charge in [-0.05, 0) is 31.0 Å². The molecule has 0 atom stereocenters. The number of fused-ring (bicyclic) bond motifs is 1. The molecule has 12 heteroatoms. The minimum Gasteiger partial charge on any atom is -0.480 e. The third kappa shape index (κ3) is 4.48. The van der Waals surface area contributed by atoms with E-state index in [-0.39, 0.29) is 17.6 Å². The summed E-state index contributed by atoms with van der Waals surface area (Å²) < 4.78 is 7.73. The minimum absolute atomic E-state index is 0.201. The van der Waals surface area contributed by atoms with Gasteiger partial charge in [0.25, 0.3) is 5.56 Å². The van der Waals surface area contributed by atoms with Gasteiger partial charge in [0, 0.05) is 37.5 Å². The Labute approximate surface area is 234 Å². The highest BCUT2D eigenvalue weighted by atomic mass is 35.5. The molecule has 0 aliphatic rings. The number of ether oxygens (including phenoxy) is 1. The SMILES string of the molecule is COc1nc(-c2cccc(-c3cccc(Nc4nc(C)nc5c4c(=O)n(C)c(=O)n5C)c3C)c2Cl)cnc1CN. The summed E-state index contributed by atoms with van der Waals surface area (Å²) in [6.45, 7) is 3.86. The van der Waals surface area contributed by atoms with Crippen LogP contribution < -0.4 is 27.0 Å². The fraction of sp³-hybridized carbons (Fsp3) is 0.214. The Morgan fingerprint density at radius 3 is 2.40 bits per heavy atom. The van der Waals surface area contributed by atoms with Gasteiger partial charge < -0.3 is 15.8 Å². The van der Waals surface area contributed by atoms with Crippen LogP contribution in [0.3, 0.4) is 0 Å². The molecule has 0 amide bonds. The average molecular weight is 559 g/mol. The number of benzene rings is 2. The smallest absolute Gasteiger partial charge is 0.332 e. The summed E-state index contributed by atoms with van der Waals surface area (Å²) in [6, 6.07) is 11.4. The van der Waals surface area contributed by atoms with E-state index in [1.54, 1.807) is 20.2 Å². The van der Waals surface area contributed by atoms with Gasteiger partial charge in [-0.25, -0.2) is 19.7 Å². The second-order valence-corrected chi connectivity index (χ2v) is 9.59. The summed E-state index contributed by atoms with van der Waals surface area (Å²) in [5.41, 5.74) is 10.1. The number of nitrogens with one attached hydrogen (secondary N) is 1. The molecule has 3 heterocycles. The molecule has 5 rings (SSSR count). The van der Waals surface area contributed by atoms with Gasteiger partial charge in [-0.3, -0.25) is 18.9 Å². The van der Waals surface area contributed by atoms with Crippen molar-refractivity contribution in [1.82, 2.24) is 29.1 Å². The molecule has 0 aliphatic carbocycles. The summed E-state index contributed by atoms with van der Waals surface area (Å²) in [4.78, 5) is 43.4. The van der Waals surface area contributed by atoms with Crippen molar-refractivity contribution in [3.05, 3.63) is 85.5 Å². The first-order chi connectivity index (χ1) is 19.2. The second kappa shape index (κ2) is 10.5. The number of aromatic nitrogens is 6. The van der Waals surface area contributed by atoms with Gasteiger partial charge in [-0.2, -0.15) is 0 Å². The third-order valence-electron chi connectivity index (χ3n) is 6.76. The van der Waals surface area contributed by atoms with E-state index >= 15 is 0 Å². The maximum Gasteiger partial charge on any atom is 0.332 e. The predicted octanol–water partition coefficient (Wildman–Crippen LogP) is 3.63. The molecular weight excluding hydrogens is 532 g/mol. The first-order valence-electron chi connectivity index (χ1n) is 12.4. The summed E-state index contributed by atoms with van der Waals surface area (Å²) in [6.07, 6.45) is 1.62. The molecule has 0 aliphatic heterocycles. The molecule has 0 bridgehead atoms. The van der Waals surface area contributed by atoms with Crippen LogP contribution in [0.5, 0.6) is 5.88 Å². The lowest BCUT2D eigenvalue weighted by atomic mass is 9.96. The predicted molar refractivity (Wildman–Crippen MR) is 155 cm³/mol. The summed E-state index contributed by atoms with van der Waals surface area (Å²) >= 11 is 6.95. The van der Waals surface area contributed by atoms with Crippen LogP contribution >= 0.6 is 11.6 Å². The molecule has 204 valence electrons. The third-order valence-corrected chi connectivity index (χ3v) is 7.17. The van der Waals surface area contributed by atoms with Crippen molar-refractivity contribution in [2.75, 3.05) is 12.4 Å². The fourth-order valence-electron chi connectivity index (χ4n) is 4.62. The Bertz CT molecular complexity index is 1920. The van der Waals surface area contributed by atoms with Gasteiger partial charge in [0.1, 0.15) is 22.7 Å². The minimum atomic E-state index is -0.484. The number of rotatable bonds is 6. The molecule has 3 aromatic heterocycles. The number of nitrogens with zero attached hydrogens (tertiary/aromatic N) is 6. The first-order valence-corrected chi connectivity index (χ1v) is 12.7. The van der Waals surface area contributed by atoms with Crippen LogP contribution in [0.1, 0.15) is 17.1 Å². The van der Waals surface area contributed by atoms with Gasteiger partial charge in [-0.15, -0.1) is 0 Å². The monoisotopic (exact) mass is 558 g/mol. The van der Waals surface area contributed by atoms with E-state index in [9.17, 15) is 9.59 Å². The van der Waals surface area contributed by atoms with E-state index in [1.165, 1.54) is 18.7 Å². The highest BCUT2D eigenvalue weighted by Gasteiger charge is 2.19. The van der Waals surface area contributed by atoms with Crippen LogP contribution in [0.25, 0.3) is 33.4 Å². The molecule has 5 aromatic rings. The van der Waals surface area contributed by atoms with Crippen LogP contribution in [0.2, 0.25) is 5.02 Å². The van der Waals surface area contributed by atoms with Crippen LogP contribution in [-0.2, 0) is 20.6 Å². The van der Waals surface area contributed by atoms with Crippen molar-refractivity contribution in [2.24, 2.45) is 19.8 Å². The lowest BCUT2D eigenvalue weighted by molar-refractivity contribution is 0.390. The van der Waals surface area contributed by atoms with Crippen molar-refractivity contribution in [3.8, 4) is 28.3 Å². The molecule has 0 fully saturated rings. The summed E-state index contributed by atoms with van der Waals surface area (Å²) in [5.74, 6) is 1.07. The van der Waals surface area contributed by atoms with Crippen molar-refractivity contribution < 1.29 is 4.74 Å². The molecule has 0 radical (unpaired) electrons.